The standard InChI is InChI=1S/C20H30N2O3S/c1-2-16-11-13-17(14-12-16)21-20(23)19-10-6-7-15-22(19)26(24,25)18-8-4-3-5-9-18/h3-5,8-9,16-17,19H,2,6-7,10-15H2,1H3,(H,21,23). The first kappa shape index (κ1) is 19.4. The second-order valence-corrected chi connectivity index (χ2v) is 9.47. The van der Waals surface area contributed by atoms with Gasteiger partial charge in [0, 0.05) is 12.6 Å². The summed E-state index contributed by atoms with van der Waals surface area (Å²) in [6.07, 6.45) is 7.80. The van der Waals surface area contributed by atoms with E-state index in [1.807, 2.05) is 0 Å². The zero-order valence-corrected chi connectivity index (χ0v) is 16.4. The quantitative estimate of drug-likeness (QED) is 0.855. The van der Waals surface area contributed by atoms with Crippen LogP contribution < -0.4 is 5.32 Å². The number of benzene rings is 1. The molecule has 0 spiro atoms. The van der Waals surface area contributed by atoms with Gasteiger partial charge in [0.15, 0.2) is 0 Å². The van der Waals surface area contributed by atoms with Gasteiger partial charge in [0.25, 0.3) is 0 Å². The molecule has 3 rings (SSSR count). The average Bonchev–Trinajstić information content (AvgIpc) is 2.69. The first-order valence-corrected chi connectivity index (χ1v) is 11.3. The van der Waals surface area contributed by atoms with Gasteiger partial charge in [0.2, 0.25) is 15.9 Å². The summed E-state index contributed by atoms with van der Waals surface area (Å²) in [5.74, 6) is 0.650. The Balaban J connectivity index is 1.70. The van der Waals surface area contributed by atoms with Crippen LogP contribution in [0.25, 0.3) is 0 Å². The van der Waals surface area contributed by atoms with E-state index in [1.165, 1.54) is 10.7 Å². The van der Waals surface area contributed by atoms with Crippen molar-refractivity contribution in [1.82, 2.24) is 9.62 Å². The number of piperidine rings is 1. The molecule has 2 fully saturated rings. The van der Waals surface area contributed by atoms with Crippen molar-refractivity contribution >= 4 is 15.9 Å². The fourth-order valence-electron chi connectivity index (χ4n) is 4.19. The van der Waals surface area contributed by atoms with Gasteiger partial charge in [0.1, 0.15) is 6.04 Å². The number of carbonyl (C=O) groups is 1. The molecule has 1 amide bonds. The number of nitrogens with one attached hydrogen (secondary N) is 1. The van der Waals surface area contributed by atoms with Gasteiger partial charge >= 0.3 is 0 Å². The van der Waals surface area contributed by atoms with Crippen LogP contribution in [0.1, 0.15) is 58.3 Å². The molecule has 0 bridgehead atoms. The summed E-state index contributed by atoms with van der Waals surface area (Å²) in [7, 11) is -3.64. The molecule has 1 saturated heterocycles. The van der Waals surface area contributed by atoms with Gasteiger partial charge in [-0.15, -0.1) is 0 Å². The van der Waals surface area contributed by atoms with E-state index in [2.05, 4.69) is 12.2 Å². The molecule has 0 aromatic heterocycles. The van der Waals surface area contributed by atoms with Crippen LogP contribution in [0.4, 0.5) is 0 Å². The average molecular weight is 379 g/mol. The molecule has 2 aliphatic rings. The topological polar surface area (TPSA) is 66.5 Å². The van der Waals surface area contributed by atoms with E-state index >= 15 is 0 Å². The molecule has 26 heavy (non-hydrogen) atoms. The van der Waals surface area contributed by atoms with Gasteiger partial charge in [-0.2, -0.15) is 4.31 Å². The molecule has 1 aliphatic carbocycles. The molecule has 1 aromatic carbocycles. The zero-order valence-electron chi connectivity index (χ0n) is 15.6. The lowest BCUT2D eigenvalue weighted by atomic mass is 9.84. The Morgan fingerprint density at radius 2 is 1.77 bits per heavy atom. The van der Waals surface area contributed by atoms with Gasteiger partial charge in [0.05, 0.1) is 4.90 Å². The van der Waals surface area contributed by atoms with Crippen LogP contribution in [0.5, 0.6) is 0 Å². The molecular weight excluding hydrogens is 348 g/mol. The van der Waals surface area contributed by atoms with Gasteiger partial charge < -0.3 is 5.32 Å². The summed E-state index contributed by atoms with van der Waals surface area (Å²) < 4.78 is 27.5. The number of hydrogen-bond acceptors (Lipinski definition) is 3. The van der Waals surface area contributed by atoms with Crippen molar-refractivity contribution < 1.29 is 13.2 Å². The fourth-order valence-corrected chi connectivity index (χ4v) is 5.87. The Kier molecular flexibility index (Phi) is 6.35. The van der Waals surface area contributed by atoms with Crippen molar-refractivity contribution in [3.8, 4) is 0 Å². The molecule has 1 aliphatic heterocycles. The zero-order chi connectivity index (χ0) is 18.6. The number of rotatable bonds is 5. The molecule has 1 heterocycles. The van der Waals surface area contributed by atoms with E-state index in [0.29, 0.717) is 13.0 Å². The highest BCUT2D eigenvalue weighted by molar-refractivity contribution is 7.89. The Bertz CT molecular complexity index is 697. The number of carbonyl (C=O) groups excluding carboxylic acids is 1. The lowest BCUT2D eigenvalue weighted by Crippen LogP contribution is -2.54. The number of hydrogen-bond donors (Lipinski definition) is 1. The lowest BCUT2D eigenvalue weighted by molar-refractivity contribution is -0.126. The van der Waals surface area contributed by atoms with Crippen LogP contribution in [0.3, 0.4) is 0 Å². The first-order valence-electron chi connectivity index (χ1n) is 9.89. The van der Waals surface area contributed by atoms with Crippen LogP contribution in [0.2, 0.25) is 0 Å². The number of nitrogens with zero attached hydrogens (tertiary/aromatic N) is 1. The van der Waals surface area contributed by atoms with Crippen molar-refractivity contribution in [2.45, 2.75) is 75.3 Å². The maximum atomic E-state index is 13.0. The van der Waals surface area contributed by atoms with E-state index in [1.54, 1.807) is 30.3 Å². The number of sulfonamides is 1. The van der Waals surface area contributed by atoms with Crippen molar-refractivity contribution in [1.29, 1.82) is 0 Å². The van der Waals surface area contributed by atoms with E-state index in [9.17, 15) is 13.2 Å². The van der Waals surface area contributed by atoms with Crippen LogP contribution in [0, 0.1) is 5.92 Å². The van der Waals surface area contributed by atoms with Crippen molar-refractivity contribution in [2.24, 2.45) is 5.92 Å². The van der Waals surface area contributed by atoms with E-state index < -0.39 is 16.1 Å². The minimum atomic E-state index is -3.64. The number of amides is 1. The SMILES string of the molecule is CCC1CCC(NC(=O)C2CCCCN2S(=O)(=O)c2ccccc2)CC1. The smallest absolute Gasteiger partial charge is 0.243 e. The van der Waals surface area contributed by atoms with Crippen LogP contribution >= 0.6 is 0 Å². The highest BCUT2D eigenvalue weighted by Gasteiger charge is 2.38. The second kappa shape index (κ2) is 8.53. The first-order chi connectivity index (χ1) is 12.5. The Hall–Kier alpha value is -1.40. The predicted molar refractivity (Wildman–Crippen MR) is 102 cm³/mol. The summed E-state index contributed by atoms with van der Waals surface area (Å²) in [5.41, 5.74) is 0. The summed E-state index contributed by atoms with van der Waals surface area (Å²) in [6.45, 7) is 2.63. The molecule has 1 N–H and O–H groups in total. The minimum Gasteiger partial charge on any atom is -0.352 e. The van der Waals surface area contributed by atoms with Gasteiger partial charge in [-0.25, -0.2) is 8.42 Å². The summed E-state index contributed by atoms with van der Waals surface area (Å²) in [4.78, 5) is 13.2. The largest absolute Gasteiger partial charge is 0.352 e. The Morgan fingerprint density at radius 1 is 1.08 bits per heavy atom. The third-order valence-corrected chi connectivity index (χ3v) is 7.80. The van der Waals surface area contributed by atoms with Crippen molar-refractivity contribution in [2.75, 3.05) is 6.54 Å². The third kappa shape index (κ3) is 4.29. The molecule has 5 nitrogen and oxygen atoms in total. The van der Waals surface area contributed by atoms with Gasteiger partial charge in [-0.1, -0.05) is 38.0 Å². The predicted octanol–water partition coefficient (Wildman–Crippen LogP) is 3.31. The van der Waals surface area contributed by atoms with Crippen LogP contribution in [0.15, 0.2) is 35.2 Å². The minimum absolute atomic E-state index is 0.121. The molecule has 1 atom stereocenters. The summed E-state index contributed by atoms with van der Waals surface area (Å²) in [6, 6.07) is 8.05. The van der Waals surface area contributed by atoms with Crippen molar-refractivity contribution in [3.63, 3.8) is 0 Å². The lowest BCUT2D eigenvalue weighted by Gasteiger charge is -2.35. The van der Waals surface area contributed by atoms with Crippen LogP contribution in [-0.2, 0) is 14.8 Å². The summed E-state index contributed by atoms with van der Waals surface area (Å²) >= 11 is 0. The third-order valence-electron chi connectivity index (χ3n) is 5.88. The van der Waals surface area contributed by atoms with Crippen molar-refractivity contribution in [3.05, 3.63) is 30.3 Å². The molecule has 1 saturated carbocycles. The van der Waals surface area contributed by atoms with E-state index in [-0.39, 0.29) is 16.8 Å². The van der Waals surface area contributed by atoms with Crippen LogP contribution in [-0.4, -0.2) is 37.3 Å². The highest BCUT2D eigenvalue weighted by Crippen LogP contribution is 2.28. The molecule has 144 valence electrons. The van der Waals surface area contributed by atoms with E-state index in [0.717, 1.165) is 44.4 Å². The Labute approximate surface area is 157 Å². The normalized spacial score (nSPS) is 27.8. The second-order valence-electron chi connectivity index (χ2n) is 7.57. The molecular formula is C20H30N2O3S. The molecule has 1 unspecified atom stereocenters. The molecule has 0 radical (unpaired) electrons. The molecule has 6 heteroatoms. The monoisotopic (exact) mass is 378 g/mol. The maximum absolute atomic E-state index is 13.0. The Morgan fingerprint density at radius 3 is 2.42 bits per heavy atom. The van der Waals surface area contributed by atoms with E-state index in [4.69, 9.17) is 0 Å². The molecule has 1 aromatic rings. The maximum Gasteiger partial charge on any atom is 0.243 e. The summed E-state index contributed by atoms with van der Waals surface area (Å²) in [5, 5.41) is 3.14. The van der Waals surface area contributed by atoms with Gasteiger partial charge in [-0.3, -0.25) is 4.79 Å². The van der Waals surface area contributed by atoms with Gasteiger partial charge in [-0.05, 0) is 56.6 Å². The fraction of sp³-hybridized carbons (Fsp3) is 0.650. The highest BCUT2D eigenvalue weighted by atomic mass is 32.2.